The summed E-state index contributed by atoms with van der Waals surface area (Å²) >= 11 is 1.58. The van der Waals surface area contributed by atoms with Gasteiger partial charge in [-0.05, 0) is 43.7 Å². The van der Waals surface area contributed by atoms with Crippen molar-refractivity contribution < 1.29 is 9.59 Å². The van der Waals surface area contributed by atoms with E-state index in [1.807, 2.05) is 39.1 Å². The molecule has 6 heteroatoms. The second kappa shape index (κ2) is 6.79. The van der Waals surface area contributed by atoms with Crippen LogP contribution in [0.1, 0.15) is 26.2 Å². The van der Waals surface area contributed by atoms with Crippen LogP contribution in [-0.2, 0) is 9.59 Å². The van der Waals surface area contributed by atoms with Crippen LogP contribution in [0.15, 0.2) is 17.5 Å². The molecule has 2 saturated heterocycles. The van der Waals surface area contributed by atoms with Crippen molar-refractivity contribution in [1.82, 2.24) is 9.80 Å². The average molecular weight is 321 g/mol. The van der Waals surface area contributed by atoms with Crippen LogP contribution in [0.25, 0.3) is 0 Å². The molecule has 2 aliphatic rings. The van der Waals surface area contributed by atoms with E-state index in [0.29, 0.717) is 13.1 Å². The van der Waals surface area contributed by atoms with Gasteiger partial charge in [0.15, 0.2) is 0 Å². The number of rotatable bonds is 3. The van der Waals surface area contributed by atoms with E-state index in [1.165, 1.54) is 6.42 Å². The summed E-state index contributed by atoms with van der Waals surface area (Å²) in [7, 11) is 0. The third-order valence-corrected chi connectivity index (χ3v) is 5.49. The summed E-state index contributed by atoms with van der Waals surface area (Å²) in [6.07, 6.45) is 3.42. The van der Waals surface area contributed by atoms with Gasteiger partial charge in [0.1, 0.15) is 0 Å². The quantitative estimate of drug-likeness (QED) is 0.853. The SMILES string of the molecule is CC(C(=O)N1CCCCC1)N1CCN(c2cccs2)C(=O)C1. The molecule has 0 bridgehead atoms. The Morgan fingerprint density at radius 2 is 1.95 bits per heavy atom. The van der Waals surface area contributed by atoms with E-state index in [-0.39, 0.29) is 17.9 Å². The summed E-state index contributed by atoms with van der Waals surface area (Å²) < 4.78 is 0. The minimum atomic E-state index is -0.201. The van der Waals surface area contributed by atoms with E-state index >= 15 is 0 Å². The Morgan fingerprint density at radius 1 is 1.18 bits per heavy atom. The predicted molar refractivity (Wildman–Crippen MR) is 88.1 cm³/mol. The van der Waals surface area contributed by atoms with Gasteiger partial charge >= 0.3 is 0 Å². The van der Waals surface area contributed by atoms with Crippen molar-refractivity contribution in [2.75, 3.05) is 37.6 Å². The fourth-order valence-corrected chi connectivity index (χ4v) is 3.99. The highest BCUT2D eigenvalue weighted by atomic mass is 32.1. The Balaban J connectivity index is 1.59. The monoisotopic (exact) mass is 321 g/mol. The fraction of sp³-hybridized carbons (Fsp3) is 0.625. The lowest BCUT2D eigenvalue weighted by Crippen LogP contribution is -2.57. The molecule has 22 heavy (non-hydrogen) atoms. The fourth-order valence-electron chi connectivity index (χ4n) is 3.21. The molecule has 0 aromatic carbocycles. The number of piperazine rings is 1. The summed E-state index contributed by atoms with van der Waals surface area (Å²) in [6.45, 7) is 5.42. The van der Waals surface area contributed by atoms with Gasteiger partial charge in [0.05, 0.1) is 17.6 Å². The van der Waals surface area contributed by atoms with Gasteiger partial charge in [-0.3, -0.25) is 14.5 Å². The lowest BCUT2D eigenvalue weighted by atomic mass is 10.1. The smallest absolute Gasteiger partial charge is 0.241 e. The van der Waals surface area contributed by atoms with E-state index in [2.05, 4.69) is 0 Å². The molecule has 0 radical (unpaired) electrons. The van der Waals surface area contributed by atoms with Gasteiger partial charge in [0.2, 0.25) is 11.8 Å². The molecule has 0 aliphatic carbocycles. The number of anilines is 1. The van der Waals surface area contributed by atoms with Gasteiger partial charge in [-0.1, -0.05) is 0 Å². The van der Waals surface area contributed by atoms with Crippen molar-refractivity contribution >= 4 is 28.2 Å². The summed E-state index contributed by atoms with van der Waals surface area (Å²) in [6, 6.07) is 3.73. The first kappa shape index (κ1) is 15.5. The van der Waals surface area contributed by atoms with E-state index < -0.39 is 0 Å². The summed E-state index contributed by atoms with van der Waals surface area (Å²) in [4.78, 5) is 30.8. The maximum Gasteiger partial charge on any atom is 0.241 e. The molecule has 0 saturated carbocycles. The minimum Gasteiger partial charge on any atom is -0.341 e. The Bertz CT molecular complexity index is 526. The van der Waals surface area contributed by atoms with Crippen molar-refractivity contribution in [3.8, 4) is 0 Å². The number of thiophene rings is 1. The molecular weight excluding hydrogens is 298 g/mol. The first-order chi connectivity index (χ1) is 10.7. The van der Waals surface area contributed by atoms with Crippen molar-refractivity contribution in [3.05, 3.63) is 17.5 Å². The molecule has 5 nitrogen and oxygen atoms in total. The van der Waals surface area contributed by atoms with Crippen LogP contribution in [-0.4, -0.2) is 60.4 Å². The summed E-state index contributed by atoms with van der Waals surface area (Å²) in [5.74, 6) is 0.268. The van der Waals surface area contributed by atoms with Crippen LogP contribution < -0.4 is 4.90 Å². The molecule has 1 aromatic rings. The zero-order valence-corrected chi connectivity index (χ0v) is 13.8. The maximum atomic E-state index is 12.6. The minimum absolute atomic E-state index is 0.0898. The van der Waals surface area contributed by atoms with Crippen molar-refractivity contribution in [1.29, 1.82) is 0 Å². The third-order valence-electron chi connectivity index (χ3n) is 4.60. The van der Waals surface area contributed by atoms with Crippen molar-refractivity contribution in [2.24, 2.45) is 0 Å². The van der Waals surface area contributed by atoms with E-state index in [0.717, 1.165) is 37.5 Å². The van der Waals surface area contributed by atoms with Crippen LogP contribution in [0, 0.1) is 0 Å². The van der Waals surface area contributed by atoms with E-state index in [1.54, 1.807) is 11.3 Å². The van der Waals surface area contributed by atoms with Crippen LogP contribution in [0.4, 0.5) is 5.00 Å². The molecule has 2 fully saturated rings. The summed E-state index contributed by atoms with van der Waals surface area (Å²) in [5, 5.41) is 2.98. The van der Waals surface area contributed by atoms with Gasteiger partial charge in [0.25, 0.3) is 0 Å². The summed E-state index contributed by atoms with van der Waals surface area (Å²) in [5.41, 5.74) is 0. The zero-order chi connectivity index (χ0) is 15.5. The molecular formula is C16H23N3O2S. The number of nitrogens with zero attached hydrogens (tertiary/aromatic N) is 3. The first-order valence-electron chi connectivity index (χ1n) is 8.03. The Hall–Kier alpha value is -1.40. The highest BCUT2D eigenvalue weighted by Crippen LogP contribution is 2.24. The van der Waals surface area contributed by atoms with Crippen LogP contribution in [0.5, 0.6) is 0 Å². The van der Waals surface area contributed by atoms with Gasteiger partial charge in [-0.15, -0.1) is 11.3 Å². The Labute approximate surface area is 135 Å². The normalized spacial score (nSPS) is 22.0. The lowest BCUT2D eigenvalue weighted by Gasteiger charge is -2.38. The number of piperidine rings is 1. The number of hydrogen-bond acceptors (Lipinski definition) is 4. The first-order valence-corrected chi connectivity index (χ1v) is 8.91. The van der Waals surface area contributed by atoms with Crippen LogP contribution in [0.2, 0.25) is 0 Å². The molecule has 1 atom stereocenters. The molecule has 0 N–H and O–H groups in total. The van der Waals surface area contributed by atoms with Gasteiger partial charge < -0.3 is 9.80 Å². The second-order valence-corrected chi connectivity index (χ2v) is 6.96. The number of hydrogen-bond donors (Lipinski definition) is 0. The van der Waals surface area contributed by atoms with Crippen molar-refractivity contribution in [3.63, 3.8) is 0 Å². The number of carbonyl (C=O) groups excluding carboxylic acids is 2. The number of amides is 2. The highest BCUT2D eigenvalue weighted by Gasteiger charge is 2.33. The third kappa shape index (κ3) is 3.17. The van der Waals surface area contributed by atoms with Crippen molar-refractivity contribution in [2.45, 2.75) is 32.2 Å². The van der Waals surface area contributed by atoms with E-state index in [4.69, 9.17) is 0 Å². The number of carbonyl (C=O) groups is 2. The van der Waals surface area contributed by atoms with Gasteiger partial charge in [0, 0.05) is 26.2 Å². The predicted octanol–water partition coefficient (Wildman–Crippen LogP) is 1.80. The second-order valence-electron chi connectivity index (χ2n) is 6.03. The lowest BCUT2D eigenvalue weighted by molar-refractivity contribution is -0.138. The standard InChI is InChI=1S/C16H23N3O2S/c1-13(16(21)17-7-3-2-4-8-17)18-9-10-19(14(20)12-18)15-6-5-11-22-15/h5-6,11,13H,2-4,7-10,12H2,1H3. The van der Waals surface area contributed by atoms with Crippen LogP contribution in [0.3, 0.4) is 0 Å². The average Bonchev–Trinajstić information content (AvgIpc) is 3.08. The molecule has 0 spiro atoms. The topological polar surface area (TPSA) is 43.9 Å². The number of likely N-dealkylation sites (tertiary alicyclic amines) is 1. The molecule has 2 amide bonds. The molecule has 1 unspecified atom stereocenters. The Kier molecular flexibility index (Phi) is 4.78. The zero-order valence-electron chi connectivity index (χ0n) is 13.0. The molecule has 3 heterocycles. The highest BCUT2D eigenvalue weighted by molar-refractivity contribution is 7.14. The molecule has 1 aromatic heterocycles. The maximum absolute atomic E-state index is 12.6. The van der Waals surface area contributed by atoms with E-state index in [9.17, 15) is 9.59 Å². The Morgan fingerprint density at radius 3 is 2.59 bits per heavy atom. The van der Waals surface area contributed by atoms with Gasteiger partial charge in [-0.2, -0.15) is 0 Å². The largest absolute Gasteiger partial charge is 0.341 e. The molecule has 2 aliphatic heterocycles. The van der Waals surface area contributed by atoms with Gasteiger partial charge in [-0.25, -0.2) is 0 Å². The van der Waals surface area contributed by atoms with Crippen LogP contribution >= 0.6 is 11.3 Å². The molecule has 120 valence electrons. The molecule has 3 rings (SSSR count).